The van der Waals surface area contributed by atoms with Gasteiger partial charge in [-0.1, -0.05) is 19.3 Å². The molecular formula is C13H21N3. The lowest BCUT2D eigenvalue weighted by Gasteiger charge is -2.29. The predicted molar refractivity (Wildman–Crippen MR) is 63.9 cm³/mol. The van der Waals surface area contributed by atoms with Gasteiger partial charge in [0.1, 0.15) is 0 Å². The molecule has 2 saturated carbocycles. The molecule has 0 amide bonds. The van der Waals surface area contributed by atoms with Gasteiger partial charge >= 0.3 is 0 Å². The number of aromatic nitrogens is 2. The van der Waals surface area contributed by atoms with E-state index in [0.29, 0.717) is 0 Å². The van der Waals surface area contributed by atoms with Gasteiger partial charge in [0.2, 0.25) is 0 Å². The molecule has 2 fully saturated rings. The van der Waals surface area contributed by atoms with Crippen molar-refractivity contribution in [1.29, 1.82) is 0 Å². The van der Waals surface area contributed by atoms with Crippen molar-refractivity contribution in [3.8, 4) is 0 Å². The maximum absolute atomic E-state index is 6.50. The maximum atomic E-state index is 6.50. The summed E-state index contributed by atoms with van der Waals surface area (Å²) in [5.74, 6) is 0.851. The Morgan fingerprint density at radius 3 is 2.69 bits per heavy atom. The van der Waals surface area contributed by atoms with E-state index < -0.39 is 0 Å². The molecule has 0 aromatic carbocycles. The molecule has 2 aliphatic rings. The third kappa shape index (κ3) is 1.67. The van der Waals surface area contributed by atoms with Crippen LogP contribution in [0.5, 0.6) is 0 Å². The van der Waals surface area contributed by atoms with E-state index in [9.17, 15) is 0 Å². The van der Waals surface area contributed by atoms with Crippen molar-refractivity contribution in [3.63, 3.8) is 0 Å². The molecule has 88 valence electrons. The van der Waals surface area contributed by atoms with Crippen LogP contribution in [0.2, 0.25) is 0 Å². The first-order valence-electron chi connectivity index (χ1n) is 6.59. The van der Waals surface area contributed by atoms with Gasteiger partial charge in [-0.05, 0) is 37.7 Å². The van der Waals surface area contributed by atoms with Crippen LogP contribution < -0.4 is 5.73 Å². The average molecular weight is 219 g/mol. The van der Waals surface area contributed by atoms with Gasteiger partial charge in [0.25, 0.3) is 0 Å². The minimum Gasteiger partial charge on any atom is -0.320 e. The zero-order valence-electron chi connectivity index (χ0n) is 9.86. The Balaban J connectivity index is 1.80. The molecule has 3 nitrogen and oxygen atoms in total. The van der Waals surface area contributed by atoms with E-state index in [1.165, 1.54) is 37.8 Å². The Morgan fingerprint density at radius 2 is 2.06 bits per heavy atom. The quantitative estimate of drug-likeness (QED) is 0.848. The molecule has 0 spiro atoms. The largest absolute Gasteiger partial charge is 0.320 e. The Morgan fingerprint density at radius 1 is 1.31 bits per heavy atom. The highest BCUT2D eigenvalue weighted by Gasteiger charge is 2.34. The fourth-order valence-corrected chi connectivity index (χ4v) is 3.08. The first-order chi connectivity index (χ1) is 7.78. The number of hydrogen-bond donors (Lipinski definition) is 1. The zero-order valence-corrected chi connectivity index (χ0v) is 9.86. The summed E-state index contributed by atoms with van der Waals surface area (Å²) >= 11 is 0. The van der Waals surface area contributed by atoms with Crippen LogP contribution in [0.15, 0.2) is 12.3 Å². The fourth-order valence-electron chi connectivity index (χ4n) is 3.08. The third-order valence-corrected chi connectivity index (χ3v) is 4.38. The Labute approximate surface area is 97.0 Å². The molecule has 1 aromatic rings. The minimum atomic E-state index is -0.0831. The first kappa shape index (κ1) is 10.3. The van der Waals surface area contributed by atoms with Gasteiger partial charge in [-0.2, -0.15) is 5.10 Å². The molecule has 3 rings (SSSR count). The Bertz CT molecular complexity index is 359. The number of rotatable bonds is 3. The second-order valence-electron chi connectivity index (χ2n) is 5.56. The normalized spacial score (nSPS) is 24.6. The van der Waals surface area contributed by atoms with Gasteiger partial charge in [-0.25, -0.2) is 0 Å². The van der Waals surface area contributed by atoms with Crippen LogP contribution >= 0.6 is 0 Å². The van der Waals surface area contributed by atoms with E-state index in [1.807, 2.05) is 6.20 Å². The van der Waals surface area contributed by atoms with E-state index in [-0.39, 0.29) is 5.54 Å². The lowest BCUT2D eigenvalue weighted by atomic mass is 9.85. The van der Waals surface area contributed by atoms with Crippen molar-refractivity contribution in [2.24, 2.45) is 11.7 Å². The third-order valence-electron chi connectivity index (χ3n) is 4.38. The first-order valence-corrected chi connectivity index (χ1v) is 6.59. The topological polar surface area (TPSA) is 43.8 Å². The molecule has 2 N–H and O–H groups in total. The summed E-state index contributed by atoms with van der Waals surface area (Å²) in [5.41, 5.74) is 7.69. The van der Waals surface area contributed by atoms with Gasteiger partial charge in [-0.15, -0.1) is 0 Å². The van der Waals surface area contributed by atoms with Crippen LogP contribution in [0, 0.1) is 5.92 Å². The van der Waals surface area contributed by atoms with Crippen LogP contribution in [-0.4, -0.2) is 9.78 Å². The van der Waals surface area contributed by atoms with Gasteiger partial charge in [0.15, 0.2) is 0 Å². The van der Waals surface area contributed by atoms with Crippen LogP contribution in [-0.2, 0) is 12.1 Å². The van der Waals surface area contributed by atoms with Gasteiger partial charge in [0.05, 0.1) is 11.2 Å². The summed E-state index contributed by atoms with van der Waals surface area (Å²) in [7, 11) is 0. The summed E-state index contributed by atoms with van der Waals surface area (Å²) in [4.78, 5) is 0. The molecule has 0 unspecified atom stereocenters. The molecule has 16 heavy (non-hydrogen) atoms. The van der Waals surface area contributed by atoms with Gasteiger partial charge in [-0.3, -0.25) is 4.68 Å². The summed E-state index contributed by atoms with van der Waals surface area (Å²) in [6.07, 6.45) is 10.9. The molecule has 0 radical (unpaired) electrons. The molecule has 2 aliphatic carbocycles. The molecule has 0 saturated heterocycles. The summed E-state index contributed by atoms with van der Waals surface area (Å²) in [6.45, 7) is 1.08. The molecule has 0 atom stereocenters. The van der Waals surface area contributed by atoms with Crippen LogP contribution in [0.4, 0.5) is 0 Å². The summed E-state index contributed by atoms with van der Waals surface area (Å²) < 4.78 is 2.18. The van der Waals surface area contributed by atoms with Crippen LogP contribution in [0.25, 0.3) is 0 Å². The van der Waals surface area contributed by atoms with E-state index >= 15 is 0 Å². The monoisotopic (exact) mass is 219 g/mol. The van der Waals surface area contributed by atoms with Crippen molar-refractivity contribution in [1.82, 2.24) is 9.78 Å². The fraction of sp³-hybridized carbons (Fsp3) is 0.769. The maximum Gasteiger partial charge on any atom is 0.0582 e. The highest BCUT2D eigenvalue weighted by Crippen LogP contribution is 2.37. The molecule has 3 heteroatoms. The number of hydrogen-bond acceptors (Lipinski definition) is 2. The van der Waals surface area contributed by atoms with Crippen LogP contribution in [0.3, 0.4) is 0 Å². The Kier molecular flexibility index (Phi) is 2.51. The van der Waals surface area contributed by atoms with Crippen molar-refractivity contribution >= 4 is 0 Å². The molecule has 0 aliphatic heterocycles. The lowest BCUT2D eigenvalue weighted by Crippen LogP contribution is -2.36. The van der Waals surface area contributed by atoms with Crippen molar-refractivity contribution in [2.75, 3.05) is 0 Å². The van der Waals surface area contributed by atoms with Crippen molar-refractivity contribution in [2.45, 2.75) is 57.0 Å². The second kappa shape index (κ2) is 3.88. The SMILES string of the molecule is NC1(c2ccnn2CC2CCC2)CCCC1. The summed E-state index contributed by atoms with van der Waals surface area (Å²) in [6, 6.07) is 2.13. The van der Waals surface area contributed by atoms with E-state index in [4.69, 9.17) is 5.73 Å². The molecule has 1 aromatic heterocycles. The van der Waals surface area contributed by atoms with Gasteiger partial charge in [0, 0.05) is 12.7 Å². The van der Waals surface area contributed by atoms with Gasteiger partial charge < -0.3 is 5.73 Å². The number of nitrogens with zero attached hydrogens (tertiary/aromatic N) is 2. The average Bonchev–Trinajstić information content (AvgIpc) is 2.80. The van der Waals surface area contributed by atoms with Crippen LogP contribution in [0.1, 0.15) is 50.6 Å². The highest BCUT2D eigenvalue weighted by molar-refractivity contribution is 5.16. The van der Waals surface area contributed by atoms with Crippen molar-refractivity contribution in [3.05, 3.63) is 18.0 Å². The predicted octanol–water partition coefficient (Wildman–Crippen LogP) is 2.41. The summed E-state index contributed by atoms with van der Waals surface area (Å²) in [5, 5.41) is 4.46. The second-order valence-corrected chi connectivity index (χ2v) is 5.56. The zero-order chi connectivity index (χ0) is 11.0. The molecule has 1 heterocycles. The lowest BCUT2D eigenvalue weighted by molar-refractivity contribution is 0.254. The Hall–Kier alpha value is -0.830. The van der Waals surface area contributed by atoms with E-state index in [0.717, 1.165) is 25.3 Å². The smallest absolute Gasteiger partial charge is 0.0582 e. The standard InChI is InChI=1S/C13H21N3/c14-13(7-1-2-8-13)12-6-9-15-16(12)10-11-4-3-5-11/h6,9,11H,1-5,7-8,10,14H2. The molecular weight excluding hydrogens is 198 g/mol. The highest BCUT2D eigenvalue weighted by atomic mass is 15.3. The van der Waals surface area contributed by atoms with E-state index in [1.54, 1.807) is 0 Å². The number of nitrogens with two attached hydrogens (primary N) is 1. The minimum absolute atomic E-state index is 0.0831. The van der Waals surface area contributed by atoms with Crippen molar-refractivity contribution < 1.29 is 0 Å². The van der Waals surface area contributed by atoms with E-state index in [2.05, 4.69) is 15.8 Å². The molecule has 0 bridgehead atoms.